The molecular weight excluding hydrogens is 406 g/mol. The lowest BCUT2D eigenvalue weighted by Crippen LogP contribution is -2.13. The number of fused-ring (bicyclic) bond motifs is 2. The highest BCUT2D eigenvalue weighted by molar-refractivity contribution is 6.12. The molecule has 2 aromatic carbocycles. The largest absolute Gasteiger partial charge is 0.438 e. The molecule has 0 saturated heterocycles. The van der Waals surface area contributed by atoms with Gasteiger partial charge in [0.05, 0.1) is 5.39 Å². The zero-order valence-corrected chi connectivity index (χ0v) is 17.8. The van der Waals surface area contributed by atoms with Crippen LogP contribution in [0.5, 0.6) is 11.6 Å². The van der Waals surface area contributed by atoms with Crippen LogP contribution in [0.15, 0.2) is 65.6 Å². The van der Waals surface area contributed by atoms with Crippen LogP contribution in [0.4, 0.5) is 5.82 Å². The summed E-state index contributed by atoms with van der Waals surface area (Å²) < 4.78 is 11.4. The second-order valence-electron chi connectivity index (χ2n) is 8.49. The molecule has 0 radical (unpaired) electrons. The SMILES string of the molecule is CC(C)(C)c1cc(NC(=O)c2cccc3cc(Oc4ncnc5[nH]ccc45)ccc23)no1. The minimum atomic E-state index is -0.261. The summed E-state index contributed by atoms with van der Waals surface area (Å²) in [4.78, 5) is 24.4. The summed E-state index contributed by atoms with van der Waals surface area (Å²) in [5.74, 6) is 1.90. The molecule has 0 aliphatic heterocycles. The highest BCUT2D eigenvalue weighted by atomic mass is 16.5. The van der Waals surface area contributed by atoms with Gasteiger partial charge in [-0.25, -0.2) is 9.97 Å². The van der Waals surface area contributed by atoms with Gasteiger partial charge in [0.1, 0.15) is 23.5 Å². The zero-order chi connectivity index (χ0) is 22.3. The van der Waals surface area contributed by atoms with Crippen LogP contribution in [0.3, 0.4) is 0 Å². The van der Waals surface area contributed by atoms with Crippen LogP contribution in [0.2, 0.25) is 0 Å². The fourth-order valence-electron chi connectivity index (χ4n) is 3.44. The zero-order valence-electron chi connectivity index (χ0n) is 17.8. The topological polar surface area (TPSA) is 106 Å². The summed E-state index contributed by atoms with van der Waals surface area (Å²) in [6.45, 7) is 6.06. The number of hydrogen-bond acceptors (Lipinski definition) is 6. The summed E-state index contributed by atoms with van der Waals surface area (Å²) in [5, 5.41) is 9.24. The van der Waals surface area contributed by atoms with Crippen molar-refractivity contribution in [3.63, 3.8) is 0 Å². The molecule has 160 valence electrons. The summed E-state index contributed by atoms with van der Waals surface area (Å²) >= 11 is 0. The third-order valence-corrected chi connectivity index (χ3v) is 5.12. The third kappa shape index (κ3) is 3.66. The van der Waals surface area contributed by atoms with Crippen molar-refractivity contribution in [3.05, 3.63) is 72.4 Å². The Morgan fingerprint density at radius 3 is 2.75 bits per heavy atom. The first-order chi connectivity index (χ1) is 15.4. The number of nitrogens with zero attached hydrogens (tertiary/aromatic N) is 3. The number of ether oxygens (including phenoxy) is 1. The van der Waals surface area contributed by atoms with Gasteiger partial charge in [-0.3, -0.25) is 4.79 Å². The molecule has 0 aliphatic rings. The Morgan fingerprint density at radius 1 is 1.06 bits per heavy atom. The van der Waals surface area contributed by atoms with Gasteiger partial charge in [0.25, 0.3) is 5.91 Å². The van der Waals surface area contributed by atoms with Crippen LogP contribution in [-0.4, -0.2) is 26.0 Å². The molecule has 5 aromatic rings. The van der Waals surface area contributed by atoms with Crippen LogP contribution in [0.25, 0.3) is 21.8 Å². The van der Waals surface area contributed by atoms with E-state index in [1.54, 1.807) is 18.3 Å². The van der Waals surface area contributed by atoms with Crippen molar-refractivity contribution in [2.24, 2.45) is 0 Å². The van der Waals surface area contributed by atoms with E-state index >= 15 is 0 Å². The molecule has 0 saturated carbocycles. The van der Waals surface area contributed by atoms with Gasteiger partial charge in [0, 0.05) is 23.2 Å². The van der Waals surface area contributed by atoms with Gasteiger partial charge in [0.15, 0.2) is 5.82 Å². The minimum absolute atomic E-state index is 0.193. The minimum Gasteiger partial charge on any atom is -0.438 e. The van der Waals surface area contributed by atoms with E-state index in [2.05, 4.69) is 25.4 Å². The van der Waals surface area contributed by atoms with Crippen LogP contribution < -0.4 is 10.1 Å². The molecule has 5 rings (SSSR count). The maximum absolute atomic E-state index is 12.9. The Bertz CT molecular complexity index is 1450. The van der Waals surface area contributed by atoms with Gasteiger partial charge in [-0.05, 0) is 41.1 Å². The summed E-state index contributed by atoms with van der Waals surface area (Å²) in [6.07, 6.45) is 3.24. The first-order valence-electron chi connectivity index (χ1n) is 10.2. The van der Waals surface area contributed by atoms with Crippen molar-refractivity contribution in [2.75, 3.05) is 5.32 Å². The van der Waals surface area contributed by atoms with Gasteiger partial charge in [-0.1, -0.05) is 38.1 Å². The maximum atomic E-state index is 12.9. The molecule has 3 aromatic heterocycles. The number of hydrogen-bond donors (Lipinski definition) is 2. The van der Waals surface area contributed by atoms with E-state index in [4.69, 9.17) is 9.26 Å². The second kappa shape index (κ2) is 7.49. The van der Waals surface area contributed by atoms with Crippen molar-refractivity contribution >= 4 is 33.5 Å². The molecule has 0 spiro atoms. The van der Waals surface area contributed by atoms with Crippen molar-refractivity contribution in [1.29, 1.82) is 0 Å². The lowest BCUT2D eigenvalue weighted by Gasteiger charge is -2.12. The Balaban J connectivity index is 1.42. The van der Waals surface area contributed by atoms with Crippen LogP contribution in [0, 0.1) is 0 Å². The number of aromatic amines is 1. The molecule has 0 unspecified atom stereocenters. The van der Waals surface area contributed by atoms with E-state index in [9.17, 15) is 4.79 Å². The number of carbonyl (C=O) groups excluding carboxylic acids is 1. The summed E-state index contributed by atoms with van der Waals surface area (Å²) in [6, 6.07) is 14.7. The van der Waals surface area contributed by atoms with Gasteiger partial charge in [-0.15, -0.1) is 0 Å². The van der Waals surface area contributed by atoms with Crippen LogP contribution in [0.1, 0.15) is 36.9 Å². The van der Waals surface area contributed by atoms with E-state index in [0.717, 1.165) is 16.2 Å². The van der Waals surface area contributed by atoms with Crippen LogP contribution >= 0.6 is 0 Å². The Labute approximate surface area is 183 Å². The molecular formula is C24H21N5O3. The smallest absolute Gasteiger partial charge is 0.257 e. The fourth-order valence-corrected chi connectivity index (χ4v) is 3.44. The number of amides is 1. The average molecular weight is 427 g/mol. The first-order valence-corrected chi connectivity index (χ1v) is 10.2. The van der Waals surface area contributed by atoms with E-state index < -0.39 is 0 Å². The van der Waals surface area contributed by atoms with Crippen molar-refractivity contribution in [1.82, 2.24) is 20.1 Å². The molecule has 1 amide bonds. The third-order valence-electron chi connectivity index (χ3n) is 5.12. The molecule has 0 bridgehead atoms. The highest BCUT2D eigenvalue weighted by Gasteiger charge is 2.21. The summed E-state index contributed by atoms with van der Waals surface area (Å²) in [7, 11) is 0. The number of H-pyrrole nitrogens is 1. The molecule has 8 heteroatoms. The Kier molecular flexibility index (Phi) is 4.62. The Morgan fingerprint density at radius 2 is 1.94 bits per heavy atom. The highest BCUT2D eigenvalue weighted by Crippen LogP contribution is 2.30. The maximum Gasteiger partial charge on any atom is 0.257 e. The molecule has 0 atom stereocenters. The summed E-state index contributed by atoms with van der Waals surface area (Å²) in [5.41, 5.74) is 1.04. The van der Waals surface area contributed by atoms with Gasteiger partial charge >= 0.3 is 0 Å². The second-order valence-corrected chi connectivity index (χ2v) is 8.49. The van der Waals surface area contributed by atoms with E-state index in [0.29, 0.717) is 34.4 Å². The van der Waals surface area contributed by atoms with Crippen molar-refractivity contribution < 1.29 is 14.1 Å². The van der Waals surface area contributed by atoms with Gasteiger partial charge < -0.3 is 19.6 Å². The molecule has 32 heavy (non-hydrogen) atoms. The number of nitrogens with one attached hydrogen (secondary N) is 2. The average Bonchev–Trinajstić information content (AvgIpc) is 3.43. The van der Waals surface area contributed by atoms with E-state index in [1.165, 1.54) is 6.33 Å². The lowest BCUT2D eigenvalue weighted by molar-refractivity contribution is 0.102. The van der Waals surface area contributed by atoms with Crippen LogP contribution in [-0.2, 0) is 5.41 Å². The van der Waals surface area contributed by atoms with Crippen molar-refractivity contribution in [3.8, 4) is 11.6 Å². The number of carbonyl (C=O) groups is 1. The number of rotatable bonds is 4. The van der Waals surface area contributed by atoms with Gasteiger partial charge in [0.2, 0.25) is 5.88 Å². The predicted molar refractivity (Wildman–Crippen MR) is 121 cm³/mol. The number of benzene rings is 2. The number of anilines is 1. The fraction of sp³-hybridized carbons (Fsp3) is 0.167. The normalized spacial score (nSPS) is 11.7. The lowest BCUT2D eigenvalue weighted by atomic mass is 9.93. The number of aromatic nitrogens is 4. The van der Waals surface area contributed by atoms with E-state index in [-0.39, 0.29) is 11.3 Å². The predicted octanol–water partition coefficient (Wildman–Crippen LogP) is 5.44. The monoisotopic (exact) mass is 427 g/mol. The molecule has 0 fully saturated rings. The Hall–Kier alpha value is -4.20. The molecule has 0 aliphatic carbocycles. The van der Waals surface area contributed by atoms with Crippen molar-refractivity contribution in [2.45, 2.75) is 26.2 Å². The first kappa shape index (κ1) is 19.7. The quantitative estimate of drug-likeness (QED) is 0.395. The van der Waals surface area contributed by atoms with E-state index in [1.807, 2.05) is 57.2 Å². The standard InChI is InChI=1S/C24H21N5O3/c1-24(2,3)19-12-20(29-32-19)28-22(30)17-6-4-5-14-11-15(7-8-16(14)17)31-23-18-9-10-25-21(18)26-13-27-23/h4-13H,1-3H3,(H,25,26,27)(H,28,29,30). The molecule has 8 nitrogen and oxygen atoms in total. The molecule has 2 N–H and O–H groups in total. The molecule has 3 heterocycles. The van der Waals surface area contributed by atoms with Gasteiger partial charge in [-0.2, -0.15) is 0 Å².